The summed E-state index contributed by atoms with van der Waals surface area (Å²) in [6, 6.07) is 0. The van der Waals surface area contributed by atoms with Crippen LogP contribution in [0.5, 0.6) is 0 Å². The molecule has 0 saturated carbocycles. The van der Waals surface area contributed by atoms with Crippen molar-refractivity contribution in [2.75, 3.05) is 7.11 Å². The molecule has 0 aliphatic heterocycles. The molecule has 0 aliphatic carbocycles. The van der Waals surface area contributed by atoms with Gasteiger partial charge in [-0.05, 0) is 13.8 Å². The second-order valence-corrected chi connectivity index (χ2v) is 3.23. The smallest absolute Gasteiger partial charge is 0.333 e. The molecule has 5 nitrogen and oxygen atoms in total. The predicted octanol–water partition coefficient (Wildman–Crippen LogP) is 1.13. The van der Waals surface area contributed by atoms with Crippen LogP contribution in [0.1, 0.15) is 20.3 Å². The normalized spacial score (nSPS) is 10.5. The average molecular weight is 230 g/mol. The van der Waals surface area contributed by atoms with Crippen LogP contribution in [0.15, 0.2) is 24.3 Å². The Labute approximate surface area is 95.0 Å². The second kappa shape index (κ2) is 8.67. The first kappa shape index (κ1) is 16.8. The number of carbonyl (C=O) groups excluding carboxylic acids is 1. The molecule has 0 spiro atoms. The van der Waals surface area contributed by atoms with Crippen molar-refractivity contribution < 1.29 is 24.5 Å². The first-order valence-corrected chi connectivity index (χ1v) is 4.55. The molecule has 1 atom stereocenters. The van der Waals surface area contributed by atoms with E-state index in [1.54, 1.807) is 6.92 Å². The molecule has 0 radical (unpaired) electrons. The van der Waals surface area contributed by atoms with Crippen LogP contribution in [0.4, 0.5) is 0 Å². The third-order valence-corrected chi connectivity index (χ3v) is 1.38. The van der Waals surface area contributed by atoms with Gasteiger partial charge in [0.25, 0.3) is 0 Å². The minimum Gasteiger partial charge on any atom is -0.478 e. The number of aliphatic hydroxyl groups is 1. The van der Waals surface area contributed by atoms with Gasteiger partial charge in [-0.2, -0.15) is 0 Å². The minimum atomic E-state index is -0.935. The summed E-state index contributed by atoms with van der Waals surface area (Å²) in [4.78, 5) is 20.2. The summed E-state index contributed by atoms with van der Waals surface area (Å²) in [7, 11) is 1.29. The SMILES string of the molecule is C=C(C)C(=O)O.C=C(CC(C)O)C(=O)OC. The first-order chi connectivity index (χ1) is 7.22. The van der Waals surface area contributed by atoms with Crippen LogP contribution in [-0.4, -0.2) is 35.4 Å². The summed E-state index contributed by atoms with van der Waals surface area (Å²) >= 11 is 0. The lowest BCUT2D eigenvalue weighted by Gasteiger charge is -2.04. The highest BCUT2D eigenvalue weighted by Crippen LogP contribution is 2.03. The number of rotatable bonds is 4. The molecule has 92 valence electrons. The maximum absolute atomic E-state index is 10.6. The highest BCUT2D eigenvalue weighted by atomic mass is 16.5. The fourth-order valence-electron chi connectivity index (χ4n) is 0.584. The number of methoxy groups -OCH3 is 1. The highest BCUT2D eigenvalue weighted by Gasteiger charge is 2.08. The van der Waals surface area contributed by atoms with Crippen molar-refractivity contribution in [3.05, 3.63) is 24.3 Å². The van der Waals surface area contributed by atoms with Crippen LogP contribution in [0.3, 0.4) is 0 Å². The van der Waals surface area contributed by atoms with Crippen molar-refractivity contribution in [3.8, 4) is 0 Å². The topological polar surface area (TPSA) is 83.8 Å². The van der Waals surface area contributed by atoms with Crippen LogP contribution in [0, 0.1) is 0 Å². The summed E-state index contributed by atoms with van der Waals surface area (Å²) in [5.41, 5.74) is 0.479. The van der Waals surface area contributed by atoms with E-state index in [1.807, 2.05) is 0 Å². The molecule has 16 heavy (non-hydrogen) atoms. The molecule has 2 N–H and O–H groups in total. The monoisotopic (exact) mass is 230 g/mol. The molecule has 0 bridgehead atoms. The van der Waals surface area contributed by atoms with Crippen molar-refractivity contribution in [2.45, 2.75) is 26.4 Å². The molecule has 0 aliphatic rings. The van der Waals surface area contributed by atoms with Gasteiger partial charge in [0.1, 0.15) is 0 Å². The lowest BCUT2D eigenvalue weighted by Crippen LogP contribution is -2.09. The third-order valence-electron chi connectivity index (χ3n) is 1.38. The van der Waals surface area contributed by atoms with Crippen LogP contribution >= 0.6 is 0 Å². The molecule has 0 fully saturated rings. The van der Waals surface area contributed by atoms with Gasteiger partial charge in [-0.25, -0.2) is 9.59 Å². The molecule has 0 amide bonds. The second-order valence-electron chi connectivity index (χ2n) is 3.23. The number of hydrogen-bond acceptors (Lipinski definition) is 4. The van der Waals surface area contributed by atoms with E-state index >= 15 is 0 Å². The largest absolute Gasteiger partial charge is 0.478 e. The Kier molecular flexibility index (Phi) is 9.10. The summed E-state index contributed by atoms with van der Waals surface area (Å²) in [5, 5.41) is 16.7. The maximum Gasteiger partial charge on any atom is 0.333 e. The highest BCUT2D eigenvalue weighted by molar-refractivity contribution is 5.87. The summed E-state index contributed by atoms with van der Waals surface area (Å²) < 4.78 is 4.36. The zero-order valence-corrected chi connectivity index (χ0v) is 9.82. The quantitative estimate of drug-likeness (QED) is 0.558. The Morgan fingerprint density at radius 3 is 1.94 bits per heavy atom. The Bertz CT molecular complexity index is 266. The fourth-order valence-corrected chi connectivity index (χ4v) is 0.584. The van der Waals surface area contributed by atoms with Gasteiger partial charge in [0.05, 0.1) is 13.2 Å². The van der Waals surface area contributed by atoms with Crippen molar-refractivity contribution in [2.24, 2.45) is 0 Å². The zero-order valence-electron chi connectivity index (χ0n) is 9.82. The van der Waals surface area contributed by atoms with E-state index in [0.717, 1.165) is 0 Å². The van der Waals surface area contributed by atoms with E-state index in [-0.39, 0.29) is 12.0 Å². The molecule has 0 heterocycles. The lowest BCUT2D eigenvalue weighted by molar-refractivity contribution is -0.136. The molecule has 0 aromatic rings. The van der Waals surface area contributed by atoms with Crippen molar-refractivity contribution in [3.63, 3.8) is 0 Å². The molecular formula is C11H18O5. The number of ether oxygens (including phenoxy) is 1. The van der Waals surface area contributed by atoms with Gasteiger partial charge in [0.15, 0.2) is 0 Å². The molecule has 0 rings (SSSR count). The van der Waals surface area contributed by atoms with Crippen molar-refractivity contribution in [1.82, 2.24) is 0 Å². The van der Waals surface area contributed by atoms with Crippen LogP contribution < -0.4 is 0 Å². The standard InChI is InChI=1S/C7H12O3.C4H6O2/c1-5(4-6(2)8)7(9)10-3;1-3(2)4(5)6/h6,8H,1,4H2,2-3H3;1H2,2H3,(H,5,6). The van der Waals surface area contributed by atoms with Gasteiger partial charge >= 0.3 is 11.9 Å². The van der Waals surface area contributed by atoms with Gasteiger partial charge in [-0.1, -0.05) is 13.2 Å². The Morgan fingerprint density at radius 2 is 1.75 bits per heavy atom. The Hall–Kier alpha value is -1.62. The number of carboxylic acids is 1. The molecule has 0 saturated heterocycles. The fraction of sp³-hybridized carbons (Fsp3) is 0.455. The van der Waals surface area contributed by atoms with E-state index in [4.69, 9.17) is 10.2 Å². The molecule has 0 aromatic carbocycles. The molecule has 0 aromatic heterocycles. The number of aliphatic hydroxyl groups excluding tert-OH is 1. The molecule has 1 unspecified atom stereocenters. The maximum atomic E-state index is 10.6. The number of esters is 1. The Balaban J connectivity index is 0. The number of carboxylic acid groups (broad SMARTS) is 1. The first-order valence-electron chi connectivity index (χ1n) is 4.55. The summed E-state index contributed by atoms with van der Waals surface area (Å²) in [6.07, 6.45) is -0.265. The van der Waals surface area contributed by atoms with Gasteiger partial charge < -0.3 is 14.9 Å². The van der Waals surface area contributed by atoms with Gasteiger partial charge in [-0.15, -0.1) is 0 Å². The Morgan fingerprint density at radius 1 is 1.38 bits per heavy atom. The van der Waals surface area contributed by atoms with E-state index in [0.29, 0.717) is 5.57 Å². The van der Waals surface area contributed by atoms with E-state index in [9.17, 15) is 9.59 Å². The minimum absolute atomic E-state index is 0.176. The summed E-state index contributed by atoms with van der Waals surface area (Å²) in [5.74, 6) is -1.39. The summed E-state index contributed by atoms with van der Waals surface area (Å²) in [6.45, 7) is 9.62. The van der Waals surface area contributed by atoms with Crippen LogP contribution in [0.2, 0.25) is 0 Å². The average Bonchev–Trinajstić information content (AvgIpc) is 2.16. The van der Waals surface area contributed by atoms with Crippen molar-refractivity contribution >= 4 is 11.9 Å². The van der Waals surface area contributed by atoms with Gasteiger partial charge in [0.2, 0.25) is 0 Å². The number of carbonyl (C=O) groups is 2. The van der Waals surface area contributed by atoms with E-state index in [2.05, 4.69) is 17.9 Å². The third kappa shape index (κ3) is 10.5. The van der Waals surface area contributed by atoms with Crippen LogP contribution in [-0.2, 0) is 14.3 Å². The van der Waals surface area contributed by atoms with Gasteiger partial charge in [0, 0.05) is 17.6 Å². The molecule has 5 heteroatoms. The predicted molar refractivity (Wildman–Crippen MR) is 59.9 cm³/mol. The lowest BCUT2D eigenvalue weighted by atomic mass is 10.1. The number of aliphatic carboxylic acids is 1. The zero-order chi connectivity index (χ0) is 13.3. The van der Waals surface area contributed by atoms with Crippen LogP contribution in [0.25, 0.3) is 0 Å². The van der Waals surface area contributed by atoms with E-state index < -0.39 is 18.0 Å². The molecular weight excluding hydrogens is 212 g/mol. The van der Waals surface area contributed by atoms with Gasteiger partial charge in [-0.3, -0.25) is 0 Å². The van der Waals surface area contributed by atoms with Crippen molar-refractivity contribution in [1.29, 1.82) is 0 Å². The number of hydrogen-bond donors (Lipinski definition) is 2. The van der Waals surface area contributed by atoms with E-state index in [1.165, 1.54) is 14.0 Å².